The van der Waals surface area contributed by atoms with E-state index in [4.69, 9.17) is 0 Å². The highest BCUT2D eigenvalue weighted by molar-refractivity contribution is 7.12. The van der Waals surface area contributed by atoms with Crippen LogP contribution in [0.25, 0.3) is 0 Å². The van der Waals surface area contributed by atoms with Gasteiger partial charge in [-0.1, -0.05) is 44.2 Å². The third-order valence-electron chi connectivity index (χ3n) is 4.90. The van der Waals surface area contributed by atoms with E-state index in [1.54, 1.807) is 18.2 Å². The van der Waals surface area contributed by atoms with Crippen LogP contribution in [0.5, 0.6) is 0 Å². The van der Waals surface area contributed by atoms with Gasteiger partial charge in [0.1, 0.15) is 0 Å². The van der Waals surface area contributed by atoms with E-state index in [9.17, 15) is 9.59 Å². The maximum Gasteiger partial charge on any atom is 0.261 e. The Kier molecular flexibility index (Phi) is 7.76. The first-order valence-corrected chi connectivity index (χ1v) is 11.0. The SMILES string of the molecule is CCN(CC)Cc1cccc(NC(=O)c2ccc(CNC(=O)c3cccs3)cc2)c1. The van der Waals surface area contributed by atoms with Crippen LogP contribution >= 0.6 is 11.3 Å². The first-order valence-electron chi connectivity index (χ1n) is 10.1. The molecule has 0 atom stereocenters. The molecule has 0 aliphatic rings. The molecule has 5 nitrogen and oxygen atoms in total. The highest BCUT2D eigenvalue weighted by Crippen LogP contribution is 2.15. The summed E-state index contributed by atoms with van der Waals surface area (Å²) in [7, 11) is 0. The zero-order chi connectivity index (χ0) is 21.3. The van der Waals surface area contributed by atoms with Gasteiger partial charge >= 0.3 is 0 Å². The fourth-order valence-electron chi connectivity index (χ4n) is 3.11. The van der Waals surface area contributed by atoms with Crippen molar-refractivity contribution >= 4 is 28.8 Å². The summed E-state index contributed by atoms with van der Waals surface area (Å²) in [4.78, 5) is 27.6. The summed E-state index contributed by atoms with van der Waals surface area (Å²) in [6.45, 7) is 7.56. The van der Waals surface area contributed by atoms with Gasteiger partial charge < -0.3 is 10.6 Å². The van der Waals surface area contributed by atoms with Crippen LogP contribution in [0.1, 0.15) is 45.0 Å². The molecule has 0 unspecified atom stereocenters. The number of nitrogens with one attached hydrogen (secondary N) is 2. The van der Waals surface area contributed by atoms with E-state index in [2.05, 4.69) is 35.4 Å². The first-order chi connectivity index (χ1) is 14.6. The molecule has 0 bridgehead atoms. The molecular weight excluding hydrogens is 394 g/mol. The summed E-state index contributed by atoms with van der Waals surface area (Å²) >= 11 is 1.41. The first kappa shape index (κ1) is 21.7. The standard InChI is InChI=1S/C24H27N3O2S/c1-3-27(4-2)17-19-7-5-8-21(15-19)26-23(28)20-12-10-18(11-13-20)16-25-24(29)22-9-6-14-30-22/h5-15H,3-4,16-17H2,1-2H3,(H,25,29)(H,26,28). The van der Waals surface area contributed by atoms with Gasteiger partial charge in [0.2, 0.25) is 0 Å². The lowest BCUT2D eigenvalue weighted by Crippen LogP contribution is -2.22. The summed E-state index contributed by atoms with van der Waals surface area (Å²) < 4.78 is 0. The van der Waals surface area contributed by atoms with Crippen LogP contribution in [0.15, 0.2) is 66.0 Å². The molecule has 2 amide bonds. The number of carbonyl (C=O) groups is 2. The molecule has 30 heavy (non-hydrogen) atoms. The lowest BCUT2D eigenvalue weighted by Gasteiger charge is -2.18. The minimum atomic E-state index is -0.149. The van der Waals surface area contributed by atoms with E-state index < -0.39 is 0 Å². The van der Waals surface area contributed by atoms with Crippen molar-refractivity contribution in [1.82, 2.24) is 10.2 Å². The summed E-state index contributed by atoms with van der Waals surface area (Å²) in [5.74, 6) is -0.236. The Hall–Kier alpha value is -2.96. The number of amides is 2. The Balaban J connectivity index is 1.56. The highest BCUT2D eigenvalue weighted by atomic mass is 32.1. The number of thiophene rings is 1. The third kappa shape index (κ3) is 6.02. The normalized spacial score (nSPS) is 10.8. The molecule has 3 rings (SSSR count). The van der Waals surface area contributed by atoms with Gasteiger partial charge in [0.25, 0.3) is 11.8 Å². The second kappa shape index (κ2) is 10.7. The van der Waals surface area contributed by atoms with Crippen LogP contribution in [0.3, 0.4) is 0 Å². The van der Waals surface area contributed by atoms with Crippen molar-refractivity contribution < 1.29 is 9.59 Å². The second-order valence-electron chi connectivity index (χ2n) is 6.97. The monoisotopic (exact) mass is 421 g/mol. The number of benzene rings is 2. The van der Waals surface area contributed by atoms with Crippen molar-refractivity contribution in [3.8, 4) is 0 Å². The lowest BCUT2D eigenvalue weighted by molar-refractivity contribution is 0.0953. The molecule has 2 N–H and O–H groups in total. The molecule has 156 valence electrons. The second-order valence-corrected chi connectivity index (χ2v) is 7.92. The largest absolute Gasteiger partial charge is 0.347 e. The Morgan fingerprint density at radius 3 is 2.33 bits per heavy atom. The molecular formula is C24H27N3O2S. The van der Waals surface area contributed by atoms with E-state index in [-0.39, 0.29) is 11.8 Å². The van der Waals surface area contributed by atoms with Crippen LogP contribution in [0, 0.1) is 0 Å². The molecule has 1 heterocycles. The fraction of sp³-hybridized carbons (Fsp3) is 0.250. The van der Waals surface area contributed by atoms with E-state index >= 15 is 0 Å². The number of nitrogens with zero attached hydrogens (tertiary/aromatic N) is 1. The average Bonchev–Trinajstić information content (AvgIpc) is 3.31. The Morgan fingerprint density at radius 1 is 0.900 bits per heavy atom. The summed E-state index contributed by atoms with van der Waals surface area (Å²) in [5, 5.41) is 7.74. The molecule has 0 saturated carbocycles. The van der Waals surface area contributed by atoms with Crippen molar-refractivity contribution in [3.63, 3.8) is 0 Å². The van der Waals surface area contributed by atoms with Crippen LogP contribution < -0.4 is 10.6 Å². The zero-order valence-corrected chi connectivity index (χ0v) is 18.2. The van der Waals surface area contributed by atoms with Gasteiger partial charge in [-0.05, 0) is 59.9 Å². The molecule has 0 aliphatic carbocycles. The summed E-state index contributed by atoms with van der Waals surface area (Å²) in [6, 6.07) is 18.9. The molecule has 0 radical (unpaired) electrons. The Morgan fingerprint density at radius 2 is 1.67 bits per heavy atom. The predicted molar refractivity (Wildman–Crippen MR) is 123 cm³/mol. The lowest BCUT2D eigenvalue weighted by atomic mass is 10.1. The van der Waals surface area contributed by atoms with E-state index in [1.165, 1.54) is 16.9 Å². The number of hydrogen-bond donors (Lipinski definition) is 2. The van der Waals surface area contributed by atoms with Crippen molar-refractivity contribution in [1.29, 1.82) is 0 Å². The molecule has 3 aromatic rings. The van der Waals surface area contributed by atoms with Crippen LogP contribution in [0.4, 0.5) is 5.69 Å². The van der Waals surface area contributed by atoms with Crippen LogP contribution in [0.2, 0.25) is 0 Å². The number of carbonyl (C=O) groups excluding carboxylic acids is 2. The smallest absolute Gasteiger partial charge is 0.261 e. The molecule has 0 aliphatic heterocycles. The topological polar surface area (TPSA) is 61.4 Å². The van der Waals surface area contributed by atoms with Crippen molar-refractivity contribution in [2.24, 2.45) is 0 Å². The van der Waals surface area contributed by atoms with Gasteiger partial charge in [0.15, 0.2) is 0 Å². The van der Waals surface area contributed by atoms with Gasteiger partial charge in [-0.2, -0.15) is 0 Å². The number of hydrogen-bond acceptors (Lipinski definition) is 4. The van der Waals surface area contributed by atoms with Crippen molar-refractivity contribution in [2.45, 2.75) is 26.9 Å². The maximum absolute atomic E-state index is 12.6. The third-order valence-corrected chi connectivity index (χ3v) is 5.77. The number of anilines is 1. The molecule has 0 fully saturated rings. The summed E-state index contributed by atoms with van der Waals surface area (Å²) in [6.07, 6.45) is 0. The predicted octanol–water partition coefficient (Wildman–Crippen LogP) is 4.77. The molecule has 0 saturated heterocycles. The van der Waals surface area contributed by atoms with Crippen molar-refractivity contribution in [3.05, 3.63) is 87.6 Å². The van der Waals surface area contributed by atoms with Gasteiger partial charge in [-0.3, -0.25) is 14.5 Å². The molecule has 0 spiro atoms. The van der Waals surface area contributed by atoms with Gasteiger partial charge in [-0.25, -0.2) is 0 Å². The Labute approximate surface area is 181 Å². The van der Waals surface area contributed by atoms with E-state index in [0.29, 0.717) is 17.0 Å². The van der Waals surface area contributed by atoms with Crippen molar-refractivity contribution in [2.75, 3.05) is 18.4 Å². The molecule has 2 aromatic carbocycles. The zero-order valence-electron chi connectivity index (χ0n) is 17.4. The minimum absolute atomic E-state index is 0.0867. The average molecular weight is 422 g/mol. The quantitative estimate of drug-likeness (QED) is 0.523. The van der Waals surface area contributed by atoms with E-state index in [0.717, 1.165) is 30.9 Å². The highest BCUT2D eigenvalue weighted by Gasteiger charge is 2.09. The fourth-order valence-corrected chi connectivity index (χ4v) is 3.75. The van der Waals surface area contributed by atoms with Gasteiger partial charge in [0.05, 0.1) is 4.88 Å². The Bertz CT molecular complexity index is 964. The van der Waals surface area contributed by atoms with Crippen LogP contribution in [-0.4, -0.2) is 29.8 Å². The maximum atomic E-state index is 12.6. The van der Waals surface area contributed by atoms with Gasteiger partial charge in [-0.15, -0.1) is 11.3 Å². The molecule has 1 aromatic heterocycles. The van der Waals surface area contributed by atoms with E-state index in [1.807, 2.05) is 41.8 Å². The van der Waals surface area contributed by atoms with Crippen LogP contribution in [-0.2, 0) is 13.1 Å². The molecule has 6 heteroatoms. The summed E-state index contributed by atoms with van der Waals surface area (Å²) in [5.41, 5.74) is 3.49. The minimum Gasteiger partial charge on any atom is -0.347 e. The van der Waals surface area contributed by atoms with Gasteiger partial charge in [0, 0.05) is 24.3 Å². The number of rotatable bonds is 9.